The van der Waals surface area contributed by atoms with Gasteiger partial charge >= 0.3 is 0 Å². The highest BCUT2D eigenvalue weighted by molar-refractivity contribution is 5.35. The molecular weight excluding hydrogens is 233 g/mol. The van der Waals surface area contributed by atoms with Crippen LogP contribution in [0.1, 0.15) is 32.4 Å². The van der Waals surface area contributed by atoms with Crippen molar-refractivity contribution in [2.24, 2.45) is 0 Å². The summed E-state index contributed by atoms with van der Waals surface area (Å²) in [6.07, 6.45) is 0. The van der Waals surface area contributed by atoms with Crippen LogP contribution in [-0.2, 0) is 4.74 Å². The van der Waals surface area contributed by atoms with Crippen molar-refractivity contribution in [3.63, 3.8) is 0 Å². The van der Waals surface area contributed by atoms with Gasteiger partial charge in [-0.25, -0.2) is 4.39 Å². The van der Waals surface area contributed by atoms with Crippen LogP contribution in [0.5, 0.6) is 5.75 Å². The van der Waals surface area contributed by atoms with E-state index in [1.807, 2.05) is 13.8 Å². The van der Waals surface area contributed by atoms with Crippen LogP contribution in [0.25, 0.3) is 0 Å². The molecule has 2 unspecified atom stereocenters. The van der Waals surface area contributed by atoms with E-state index in [1.165, 1.54) is 18.2 Å². The molecule has 1 aromatic carbocycles. The highest BCUT2D eigenvalue weighted by Gasteiger charge is 2.22. The monoisotopic (exact) mass is 255 g/mol. The fraction of sp³-hybridized carbons (Fsp3) is 0.571. The lowest BCUT2D eigenvalue weighted by atomic mass is 10.0. The molecule has 0 bridgehead atoms. The van der Waals surface area contributed by atoms with Gasteiger partial charge in [-0.1, -0.05) is 6.92 Å². The van der Waals surface area contributed by atoms with Gasteiger partial charge in [0.05, 0.1) is 6.61 Å². The van der Waals surface area contributed by atoms with Crippen LogP contribution < -0.4 is 0 Å². The molecule has 18 heavy (non-hydrogen) atoms. The van der Waals surface area contributed by atoms with Gasteiger partial charge in [-0.15, -0.1) is 0 Å². The lowest BCUT2D eigenvalue weighted by Gasteiger charge is -2.33. The first kappa shape index (κ1) is 14.9. The molecule has 1 aromatic rings. The normalized spacial score (nSPS) is 14.8. The first-order valence-electron chi connectivity index (χ1n) is 6.24. The topological polar surface area (TPSA) is 32.7 Å². The number of phenolic OH excluding ortho intramolecular Hbond substituents is 1. The average Bonchev–Trinajstić information content (AvgIpc) is 2.33. The van der Waals surface area contributed by atoms with Gasteiger partial charge in [0.15, 0.2) is 0 Å². The number of aromatic hydroxyl groups is 1. The van der Waals surface area contributed by atoms with Crippen LogP contribution in [0.15, 0.2) is 18.2 Å². The molecule has 4 heteroatoms. The van der Waals surface area contributed by atoms with E-state index in [0.717, 1.165) is 6.54 Å². The molecule has 0 fully saturated rings. The van der Waals surface area contributed by atoms with Gasteiger partial charge in [-0.05, 0) is 38.6 Å². The molecule has 0 saturated carbocycles. The molecule has 2 atom stereocenters. The van der Waals surface area contributed by atoms with E-state index in [9.17, 15) is 9.50 Å². The van der Waals surface area contributed by atoms with Crippen molar-refractivity contribution in [2.45, 2.75) is 32.9 Å². The fourth-order valence-corrected chi connectivity index (χ4v) is 2.34. The maximum absolute atomic E-state index is 13.3. The Bertz CT molecular complexity index is 384. The zero-order valence-corrected chi connectivity index (χ0v) is 11.5. The molecule has 0 spiro atoms. The van der Waals surface area contributed by atoms with Crippen LogP contribution in [0.2, 0.25) is 0 Å². The SMILES string of the molecule is CCN(C(C)COC)C(C)c1cc(F)ccc1O. The summed E-state index contributed by atoms with van der Waals surface area (Å²) in [5.74, 6) is -0.197. The summed E-state index contributed by atoms with van der Waals surface area (Å²) in [5, 5.41) is 9.84. The number of likely N-dealkylation sites (N-methyl/N-ethyl adjacent to an activating group) is 1. The van der Waals surface area contributed by atoms with Crippen molar-refractivity contribution in [3.8, 4) is 5.75 Å². The smallest absolute Gasteiger partial charge is 0.123 e. The number of rotatable bonds is 6. The predicted molar refractivity (Wildman–Crippen MR) is 70.2 cm³/mol. The highest BCUT2D eigenvalue weighted by Crippen LogP contribution is 2.30. The second kappa shape index (κ2) is 6.71. The third-order valence-electron chi connectivity index (χ3n) is 3.28. The van der Waals surface area contributed by atoms with E-state index >= 15 is 0 Å². The summed E-state index contributed by atoms with van der Waals surface area (Å²) in [7, 11) is 1.66. The highest BCUT2D eigenvalue weighted by atomic mass is 19.1. The molecule has 0 aliphatic carbocycles. The van der Waals surface area contributed by atoms with Crippen molar-refractivity contribution in [2.75, 3.05) is 20.3 Å². The van der Waals surface area contributed by atoms with Crippen molar-refractivity contribution in [1.82, 2.24) is 4.90 Å². The van der Waals surface area contributed by atoms with Crippen molar-refractivity contribution < 1.29 is 14.2 Å². The number of halogens is 1. The van der Waals surface area contributed by atoms with E-state index in [2.05, 4.69) is 11.8 Å². The molecule has 3 nitrogen and oxygen atoms in total. The lowest BCUT2D eigenvalue weighted by molar-refractivity contribution is 0.0774. The second-order valence-electron chi connectivity index (χ2n) is 4.51. The summed E-state index contributed by atoms with van der Waals surface area (Å²) < 4.78 is 18.4. The summed E-state index contributed by atoms with van der Waals surface area (Å²) in [4.78, 5) is 2.16. The molecule has 0 amide bonds. The van der Waals surface area contributed by atoms with Crippen molar-refractivity contribution in [3.05, 3.63) is 29.6 Å². The Kier molecular flexibility index (Phi) is 5.56. The van der Waals surface area contributed by atoms with Crippen molar-refractivity contribution in [1.29, 1.82) is 0 Å². The van der Waals surface area contributed by atoms with E-state index in [-0.39, 0.29) is 23.7 Å². The minimum atomic E-state index is -0.329. The molecule has 0 aromatic heterocycles. The minimum absolute atomic E-state index is 0.0594. The van der Waals surface area contributed by atoms with Crippen LogP contribution in [0.3, 0.4) is 0 Å². The zero-order valence-electron chi connectivity index (χ0n) is 11.5. The molecule has 0 aliphatic heterocycles. The van der Waals surface area contributed by atoms with Gasteiger partial charge in [-0.3, -0.25) is 4.90 Å². The number of benzene rings is 1. The number of phenols is 1. The quantitative estimate of drug-likeness (QED) is 0.848. The fourth-order valence-electron chi connectivity index (χ4n) is 2.34. The van der Waals surface area contributed by atoms with E-state index in [1.54, 1.807) is 7.11 Å². The van der Waals surface area contributed by atoms with Gasteiger partial charge in [0.1, 0.15) is 11.6 Å². The third kappa shape index (κ3) is 3.43. The van der Waals surface area contributed by atoms with Crippen LogP contribution >= 0.6 is 0 Å². The number of hydrogen-bond acceptors (Lipinski definition) is 3. The Morgan fingerprint density at radius 1 is 1.39 bits per heavy atom. The molecule has 102 valence electrons. The number of ether oxygens (including phenoxy) is 1. The molecule has 1 rings (SSSR count). The van der Waals surface area contributed by atoms with E-state index < -0.39 is 0 Å². The number of methoxy groups -OCH3 is 1. The summed E-state index contributed by atoms with van der Waals surface area (Å²) in [5.41, 5.74) is 0.611. The Hall–Kier alpha value is -1.13. The maximum Gasteiger partial charge on any atom is 0.123 e. The van der Waals surface area contributed by atoms with Gasteiger partial charge < -0.3 is 9.84 Å². The Morgan fingerprint density at radius 2 is 2.06 bits per heavy atom. The second-order valence-corrected chi connectivity index (χ2v) is 4.51. The van der Waals surface area contributed by atoms with E-state index in [0.29, 0.717) is 12.2 Å². The molecule has 0 radical (unpaired) electrons. The zero-order chi connectivity index (χ0) is 13.7. The Labute approximate surface area is 108 Å². The van der Waals surface area contributed by atoms with Gasteiger partial charge in [0, 0.05) is 24.8 Å². The Balaban J connectivity index is 2.95. The van der Waals surface area contributed by atoms with Gasteiger partial charge in [0.2, 0.25) is 0 Å². The van der Waals surface area contributed by atoms with Gasteiger partial charge in [-0.2, -0.15) is 0 Å². The number of nitrogens with zero attached hydrogens (tertiary/aromatic N) is 1. The van der Waals surface area contributed by atoms with E-state index in [4.69, 9.17) is 4.74 Å². The van der Waals surface area contributed by atoms with Crippen LogP contribution in [0, 0.1) is 5.82 Å². The third-order valence-corrected chi connectivity index (χ3v) is 3.28. The molecule has 0 saturated heterocycles. The first-order chi connectivity index (χ1) is 8.51. The molecular formula is C14H22FNO2. The summed E-state index contributed by atoms with van der Waals surface area (Å²) in [6, 6.07) is 4.20. The molecule has 0 aliphatic rings. The summed E-state index contributed by atoms with van der Waals surface area (Å²) >= 11 is 0. The first-order valence-corrected chi connectivity index (χ1v) is 6.24. The predicted octanol–water partition coefficient (Wildman–Crippen LogP) is 2.95. The number of hydrogen-bond donors (Lipinski definition) is 1. The largest absolute Gasteiger partial charge is 0.508 e. The summed E-state index contributed by atoms with van der Waals surface area (Å²) in [6.45, 7) is 7.47. The van der Waals surface area contributed by atoms with Crippen LogP contribution in [-0.4, -0.2) is 36.3 Å². The molecule has 0 heterocycles. The Morgan fingerprint density at radius 3 is 2.61 bits per heavy atom. The van der Waals surface area contributed by atoms with Crippen molar-refractivity contribution >= 4 is 0 Å². The molecule has 1 N–H and O–H groups in total. The van der Waals surface area contributed by atoms with Gasteiger partial charge in [0.25, 0.3) is 0 Å². The maximum atomic E-state index is 13.3. The standard InChI is InChI=1S/C14H22FNO2/c1-5-16(10(2)9-18-4)11(3)13-8-12(15)6-7-14(13)17/h6-8,10-11,17H,5,9H2,1-4H3. The average molecular weight is 255 g/mol. The van der Waals surface area contributed by atoms with Crippen LogP contribution in [0.4, 0.5) is 4.39 Å². The minimum Gasteiger partial charge on any atom is -0.508 e. The lowest BCUT2D eigenvalue weighted by Crippen LogP contribution is -2.38.